The van der Waals surface area contributed by atoms with E-state index in [0.717, 1.165) is 0 Å². The second-order valence-electron chi connectivity index (χ2n) is 5.65. The molecule has 0 saturated carbocycles. The van der Waals surface area contributed by atoms with E-state index < -0.39 is 15.9 Å². The molecular weight excluding hydrogens is 455 g/mol. The normalized spacial score (nSPS) is 11.1. The molecule has 1 heterocycles. The summed E-state index contributed by atoms with van der Waals surface area (Å²) in [5, 5.41) is 3.60. The highest BCUT2D eigenvalue weighted by Crippen LogP contribution is 2.22. The number of hydrogen-bond acceptors (Lipinski definition) is 6. The van der Waals surface area contributed by atoms with E-state index in [-0.39, 0.29) is 21.3 Å². The van der Waals surface area contributed by atoms with Gasteiger partial charge in [0, 0.05) is 10.7 Å². The lowest BCUT2D eigenvalue weighted by atomic mass is 10.2. The van der Waals surface area contributed by atoms with Crippen molar-refractivity contribution in [2.24, 2.45) is 0 Å². The second kappa shape index (κ2) is 9.00. The number of carbonyl (C=O) groups excluding carboxylic acids is 1. The molecule has 0 saturated heterocycles. The number of rotatable bonds is 6. The Hall–Kier alpha value is -2.33. The average molecular weight is 469 g/mol. The van der Waals surface area contributed by atoms with Gasteiger partial charge in [0.25, 0.3) is 15.9 Å². The Morgan fingerprint density at radius 3 is 2.45 bits per heavy atom. The van der Waals surface area contributed by atoms with Gasteiger partial charge in [-0.25, -0.2) is 18.4 Å². The molecule has 0 aliphatic heterocycles. The molecule has 0 atom stereocenters. The molecule has 2 N–H and O–H groups in total. The predicted octanol–water partition coefficient (Wildman–Crippen LogP) is 4.56. The minimum atomic E-state index is -3.81. The highest BCUT2D eigenvalue weighted by atomic mass is 35.5. The third kappa shape index (κ3) is 5.39. The number of anilines is 2. The Balaban J connectivity index is 1.79. The molecule has 0 radical (unpaired) electrons. The molecule has 0 bridgehead atoms. The van der Waals surface area contributed by atoms with Crippen molar-refractivity contribution < 1.29 is 13.2 Å². The summed E-state index contributed by atoms with van der Waals surface area (Å²) in [6.45, 7) is 0. The van der Waals surface area contributed by atoms with E-state index in [1.165, 1.54) is 48.3 Å². The molecule has 11 heteroatoms. The van der Waals surface area contributed by atoms with Gasteiger partial charge in [0.2, 0.25) is 0 Å². The van der Waals surface area contributed by atoms with Gasteiger partial charge in [-0.1, -0.05) is 41.0 Å². The van der Waals surface area contributed by atoms with Gasteiger partial charge in [-0.2, -0.15) is 0 Å². The number of amides is 1. The zero-order chi connectivity index (χ0) is 21.0. The van der Waals surface area contributed by atoms with Crippen molar-refractivity contribution in [3.63, 3.8) is 0 Å². The van der Waals surface area contributed by atoms with E-state index in [1.54, 1.807) is 24.5 Å². The highest BCUT2D eigenvalue weighted by Gasteiger charge is 2.16. The molecule has 2 aromatic carbocycles. The summed E-state index contributed by atoms with van der Waals surface area (Å²) < 4.78 is 27.5. The van der Waals surface area contributed by atoms with Crippen molar-refractivity contribution in [1.82, 2.24) is 9.97 Å². The van der Waals surface area contributed by atoms with E-state index in [9.17, 15) is 13.2 Å². The zero-order valence-electron chi connectivity index (χ0n) is 14.9. The van der Waals surface area contributed by atoms with Crippen molar-refractivity contribution in [3.05, 3.63) is 70.5 Å². The van der Waals surface area contributed by atoms with Gasteiger partial charge in [0.1, 0.15) is 0 Å². The summed E-state index contributed by atoms with van der Waals surface area (Å²) in [7, 11) is -3.81. The van der Waals surface area contributed by atoms with Gasteiger partial charge in [0.05, 0.1) is 21.8 Å². The SMILES string of the molecule is CSc1ncc(Cl)c(C(=O)Nc2cccc(NS(=O)(=O)c3ccc(Cl)cc3)c2)n1. The van der Waals surface area contributed by atoms with Crippen LogP contribution >= 0.6 is 35.0 Å². The highest BCUT2D eigenvalue weighted by molar-refractivity contribution is 7.98. The Labute approximate surface area is 181 Å². The summed E-state index contributed by atoms with van der Waals surface area (Å²) in [5.74, 6) is -0.537. The standard InChI is InChI=1S/C18H14Cl2N4O3S2/c1-28-18-21-10-15(20)16(23-18)17(25)22-12-3-2-4-13(9-12)24-29(26,27)14-7-5-11(19)6-8-14/h2-10,24H,1H3,(H,22,25). The van der Waals surface area contributed by atoms with Gasteiger partial charge < -0.3 is 5.32 Å². The summed E-state index contributed by atoms with van der Waals surface area (Å²) >= 11 is 13.1. The molecule has 0 spiro atoms. The summed E-state index contributed by atoms with van der Waals surface area (Å²) in [6, 6.07) is 12.0. The molecule has 1 aromatic heterocycles. The number of nitrogens with one attached hydrogen (secondary N) is 2. The fourth-order valence-electron chi connectivity index (χ4n) is 2.29. The fourth-order valence-corrected chi connectivity index (χ4v) is 3.98. The summed E-state index contributed by atoms with van der Waals surface area (Å²) in [6.07, 6.45) is 3.13. The maximum atomic E-state index is 12.5. The second-order valence-corrected chi connectivity index (χ2v) is 8.95. The molecule has 3 aromatic rings. The Morgan fingerprint density at radius 2 is 1.76 bits per heavy atom. The first-order valence-electron chi connectivity index (χ1n) is 8.05. The first-order valence-corrected chi connectivity index (χ1v) is 11.5. The molecule has 0 fully saturated rings. The number of carbonyl (C=O) groups is 1. The van der Waals surface area contributed by atoms with Crippen LogP contribution in [0.1, 0.15) is 10.5 Å². The smallest absolute Gasteiger partial charge is 0.275 e. The minimum Gasteiger partial charge on any atom is -0.321 e. The Kier molecular flexibility index (Phi) is 6.63. The number of hydrogen-bond donors (Lipinski definition) is 2. The largest absolute Gasteiger partial charge is 0.321 e. The van der Waals surface area contributed by atoms with Crippen molar-refractivity contribution in [2.45, 2.75) is 10.1 Å². The van der Waals surface area contributed by atoms with E-state index >= 15 is 0 Å². The Morgan fingerprint density at radius 1 is 1.07 bits per heavy atom. The van der Waals surface area contributed by atoms with E-state index in [1.807, 2.05) is 0 Å². The maximum Gasteiger partial charge on any atom is 0.275 e. The lowest BCUT2D eigenvalue weighted by molar-refractivity contribution is 0.102. The van der Waals surface area contributed by atoms with E-state index in [0.29, 0.717) is 15.9 Å². The summed E-state index contributed by atoms with van der Waals surface area (Å²) in [5.41, 5.74) is 0.668. The number of nitrogens with zero attached hydrogens (tertiary/aromatic N) is 2. The third-order valence-electron chi connectivity index (χ3n) is 3.62. The number of sulfonamides is 1. The van der Waals surface area contributed by atoms with Crippen LogP contribution in [0, 0.1) is 0 Å². The van der Waals surface area contributed by atoms with Gasteiger partial charge in [0.15, 0.2) is 10.9 Å². The molecule has 3 rings (SSSR count). The molecule has 0 unspecified atom stereocenters. The van der Waals surface area contributed by atoms with Crippen LogP contribution in [0.15, 0.2) is 64.8 Å². The van der Waals surface area contributed by atoms with Crippen LogP contribution in [0.3, 0.4) is 0 Å². The average Bonchev–Trinajstić information content (AvgIpc) is 2.68. The minimum absolute atomic E-state index is 0.0261. The van der Waals surface area contributed by atoms with Crippen LogP contribution in [0.5, 0.6) is 0 Å². The van der Waals surface area contributed by atoms with Crippen LogP contribution in [0.2, 0.25) is 10.0 Å². The summed E-state index contributed by atoms with van der Waals surface area (Å²) in [4.78, 5) is 20.7. The maximum absolute atomic E-state index is 12.5. The molecular formula is C18H14Cl2N4O3S2. The molecule has 29 heavy (non-hydrogen) atoms. The molecule has 0 aliphatic rings. The quantitative estimate of drug-likeness (QED) is 0.406. The van der Waals surface area contributed by atoms with Crippen molar-refractivity contribution in [2.75, 3.05) is 16.3 Å². The Bertz CT molecular complexity index is 1160. The number of aromatic nitrogens is 2. The first kappa shape index (κ1) is 21.4. The van der Waals surface area contributed by atoms with Crippen LogP contribution < -0.4 is 10.0 Å². The number of halogens is 2. The van der Waals surface area contributed by atoms with Gasteiger partial charge in [-0.05, 0) is 48.7 Å². The fraction of sp³-hybridized carbons (Fsp3) is 0.0556. The lowest BCUT2D eigenvalue weighted by Crippen LogP contribution is -2.16. The third-order valence-corrected chi connectivity index (χ3v) is 6.10. The molecule has 7 nitrogen and oxygen atoms in total. The van der Waals surface area contributed by atoms with Crippen molar-refractivity contribution >= 4 is 62.3 Å². The van der Waals surface area contributed by atoms with Crippen molar-refractivity contribution in [3.8, 4) is 0 Å². The molecule has 0 aliphatic carbocycles. The predicted molar refractivity (Wildman–Crippen MR) is 115 cm³/mol. The van der Waals surface area contributed by atoms with Gasteiger partial charge >= 0.3 is 0 Å². The van der Waals surface area contributed by atoms with Crippen molar-refractivity contribution in [1.29, 1.82) is 0 Å². The lowest BCUT2D eigenvalue weighted by Gasteiger charge is -2.11. The first-order chi connectivity index (χ1) is 13.8. The monoisotopic (exact) mass is 468 g/mol. The van der Waals surface area contributed by atoms with E-state index in [4.69, 9.17) is 23.2 Å². The van der Waals surface area contributed by atoms with Crippen LogP contribution in [-0.2, 0) is 10.0 Å². The van der Waals surface area contributed by atoms with Gasteiger partial charge in [-0.3, -0.25) is 9.52 Å². The molecule has 1 amide bonds. The molecule has 150 valence electrons. The van der Waals surface area contributed by atoms with Gasteiger partial charge in [-0.15, -0.1) is 0 Å². The number of benzene rings is 2. The zero-order valence-corrected chi connectivity index (χ0v) is 18.0. The van der Waals surface area contributed by atoms with Crippen LogP contribution in [0.4, 0.5) is 11.4 Å². The van der Waals surface area contributed by atoms with Crippen LogP contribution in [0.25, 0.3) is 0 Å². The van der Waals surface area contributed by atoms with E-state index in [2.05, 4.69) is 20.0 Å². The topological polar surface area (TPSA) is 101 Å². The number of thioether (sulfide) groups is 1. The van der Waals surface area contributed by atoms with Crippen LogP contribution in [-0.4, -0.2) is 30.5 Å².